The van der Waals surface area contributed by atoms with Crippen molar-refractivity contribution in [3.8, 4) is 0 Å². The van der Waals surface area contributed by atoms with Gasteiger partial charge < -0.3 is 0 Å². The van der Waals surface area contributed by atoms with Crippen LogP contribution in [0.2, 0.25) is 0 Å². The second kappa shape index (κ2) is 3.90. The molecule has 1 rings (SSSR count). The van der Waals surface area contributed by atoms with Gasteiger partial charge in [0.2, 0.25) is 5.67 Å². The summed E-state index contributed by atoms with van der Waals surface area (Å²) in [7, 11) is 0. The predicted octanol–water partition coefficient (Wildman–Crippen LogP) is 4.68. The minimum atomic E-state index is -7.11. The van der Waals surface area contributed by atoms with Crippen molar-refractivity contribution < 1.29 is 48.3 Å². The van der Waals surface area contributed by atoms with Crippen LogP contribution in [-0.2, 0) is 0 Å². The Morgan fingerprint density at radius 2 is 0.750 bits per heavy atom. The van der Waals surface area contributed by atoms with Crippen molar-refractivity contribution in [1.82, 2.24) is 0 Å². The third kappa shape index (κ3) is 1.39. The fraction of sp³-hybridized carbons (Fsp3) is 1.00. The minimum Gasteiger partial charge on any atom is -0.230 e. The fourth-order valence-electron chi connectivity index (χ4n) is 1.94. The van der Waals surface area contributed by atoms with E-state index in [1.165, 1.54) is 0 Å². The lowest BCUT2D eigenvalue weighted by atomic mass is 9.70. The summed E-state index contributed by atoms with van der Waals surface area (Å²) in [6.45, 7) is 0.760. The van der Waals surface area contributed by atoms with Crippen LogP contribution < -0.4 is 0 Å². The maximum Gasteiger partial charge on any atom is 0.384 e. The summed E-state index contributed by atoms with van der Waals surface area (Å²) in [6.07, 6.45) is -3.12. The average molecular weight is 324 g/mol. The van der Waals surface area contributed by atoms with E-state index in [9.17, 15) is 48.3 Å². The highest BCUT2D eigenvalue weighted by Crippen LogP contribution is 2.70. The molecule has 1 aliphatic rings. The summed E-state index contributed by atoms with van der Waals surface area (Å²) in [6, 6.07) is 0. The van der Waals surface area contributed by atoms with Crippen LogP contribution in [-0.4, -0.2) is 35.3 Å². The summed E-state index contributed by atoms with van der Waals surface area (Å²) >= 11 is 0. The van der Waals surface area contributed by atoms with Crippen LogP contribution in [0.3, 0.4) is 0 Å². The molecule has 0 nitrogen and oxygen atoms in total. The van der Waals surface area contributed by atoms with E-state index in [1.807, 2.05) is 0 Å². The molecule has 0 aromatic carbocycles. The van der Waals surface area contributed by atoms with E-state index in [0.29, 0.717) is 0 Å². The summed E-state index contributed by atoms with van der Waals surface area (Å²) in [4.78, 5) is 0. The maximum atomic E-state index is 13.7. The van der Waals surface area contributed by atoms with Gasteiger partial charge in [0.15, 0.2) is 0 Å². The van der Waals surface area contributed by atoms with Gasteiger partial charge in [-0.1, -0.05) is 13.3 Å². The number of halogens is 11. The molecule has 0 saturated heterocycles. The molecule has 1 fully saturated rings. The molecule has 0 bridgehead atoms. The lowest BCUT2D eigenvalue weighted by Crippen LogP contribution is -2.83. The molecule has 0 atom stereocenters. The van der Waals surface area contributed by atoms with Crippen molar-refractivity contribution in [2.45, 2.75) is 55.0 Å². The molecule has 11 heteroatoms. The number of hydrogen-bond acceptors (Lipinski definition) is 0. The topological polar surface area (TPSA) is 0 Å². The Bertz CT molecular complexity index is 367. The molecule has 0 aromatic rings. The van der Waals surface area contributed by atoms with Crippen molar-refractivity contribution in [2.24, 2.45) is 0 Å². The largest absolute Gasteiger partial charge is 0.384 e. The Hall–Kier alpha value is -0.770. The van der Waals surface area contributed by atoms with E-state index in [-0.39, 0.29) is 0 Å². The second-order valence-electron chi connectivity index (χ2n) is 4.42. The molecule has 0 radical (unpaired) electrons. The first kappa shape index (κ1) is 17.3. The van der Waals surface area contributed by atoms with Gasteiger partial charge in [-0.3, -0.25) is 0 Å². The van der Waals surface area contributed by atoms with Crippen LogP contribution in [0.1, 0.15) is 19.8 Å². The quantitative estimate of drug-likeness (QED) is 0.647. The maximum absolute atomic E-state index is 13.7. The average Bonchev–Trinajstić information content (AvgIpc) is 2.26. The molecule has 0 aliphatic heterocycles. The Morgan fingerprint density at radius 3 is 1.00 bits per heavy atom. The van der Waals surface area contributed by atoms with E-state index >= 15 is 0 Å². The molecular weight excluding hydrogens is 317 g/mol. The molecule has 0 spiro atoms. The van der Waals surface area contributed by atoms with Crippen LogP contribution in [0.4, 0.5) is 48.3 Å². The lowest BCUT2D eigenvalue weighted by Gasteiger charge is -2.52. The van der Waals surface area contributed by atoms with E-state index in [4.69, 9.17) is 0 Å². The molecule has 20 heavy (non-hydrogen) atoms. The van der Waals surface area contributed by atoms with Gasteiger partial charge in [0.25, 0.3) is 0 Å². The summed E-state index contributed by atoms with van der Waals surface area (Å²) < 4.78 is 143. The van der Waals surface area contributed by atoms with Crippen LogP contribution in [0, 0.1) is 0 Å². The molecular formula is C9H7F11. The lowest BCUT2D eigenvalue weighted by molar-refractivity contribution is -0.485. The molecule has 0 amide bonds. The highest BCUT2D eigenvalue weighted by molar-refractivity contribution is 5.26. The van der Waals surface area contributed by atoms with Crippen LogP contribution in [0.15, 0.2) is 0 Å². The summed E-state index contributed by atoms with van der Waals surface area (Å²) in [5, 5.41) is 0. The van der Waals surface area contributed by atoms with Crippen molar-refractivity contribution in [2.75, 3.05) is 0 Å². The Kier molecular flexibility index (Phi) is 3.37. The van der Waals surface area contributed by atoms with Crippen molar-refractivity contribution in [3.05, 3.63) is 0 Å². The van der Waals surface area contributed by atoms with Gasteiger partial charge in [0, 0.05) is 0 Å². The van der Waals surface area contributed by atoms with Gasteiger partial charge in [-0.15, -0.1) is 0 Å². The number of alkyl halides is 11. The normalized spacial score (nSPS) is 31.8. The summed E-state index contributed by atoms with van der Waals surface area (Å²) in [5.41, 5.74) is -5.80. The molecule has 0 unspecified atom stereocenters. The van der Waals surface area contributed by atoms with Gasteiger partial charge >= 0.3 is 29.6 Å². The highest BCUT2D eigenvalue weighted by Gasteiger charge is 3.00. The van der Waals surface area contributed by atoms with Gasteiger partial charge in [0.05, 0.1) is 0 Å². The second-order valence-corrected chi connectivity index (χ2v) is 4.42. The van der Waals surface area contributed by atoms with Crippen molar-refractivity contribution >= 4 is 0 Å². The first-order chi connectivity index (χ1) is 8.56. The zero-order valence-corrected chi connectivity index (χ0v) is 9.57. The number of hydrogen-bond donors (Lipinski definition) is 0. The zero-order chi connectivity index (χ0) is 16.4. The fourth-order valence-corrected chi connectivity index (χ4v) is 1.94. The Labute approximate surface area is 104 Å². The molecule has 1 aliphatic carbocycles. The van der Waals surface area contributed by atoms with Gasteiger partial charge in [-0.25, -0.2) is 4.39 Å². The zero-order valence-electron chi connectivity index (χ0n) is 9.57. The van der Waals surface area contributed by atoms with E-state index in [1.54, 1.807) is 0 Å². The van der Waals surface area contributed by atoms with E-state index in [0.717, 1.165) is 6.92 Å². The minimum absolute atomic E-state index is 0.760. The molecule has 1 saturated carbocycles. The molecule has 0 heterocycles. The monoisotopic (exact) mass is 324 g/mol. The standard InChI is InChI=1S/C9H7F11/c1-2-3-4(10)5(11,12)7(15,16)9(19,20)8(17,18)6(4,13)14/h2-3H2,1H3. The van der Waals surface area contributed by atoms with E-state index in [2.05, 4.69) is 0 Å². The van der Waals surface area contributed by atoms with Crippen LogP contribution in [0.25, 0.3) is 0 Å². The van der Waals surface area contributed by atoms with Gasteiger partial charge in [-0.2, -0.15) is 43.9 Å². The smallest absolute Gasteiger partial charge is 0.230 e. The third-order valence-corrected chi connectivity index (χ3v) is 3.17. The molecule has 0 aromatic heterocycles. The summed E-state index contributed by atoms with van der Waals surface area (Å²) in [5.74, 6) is -34.4. The molecule has 120 valence electrons. The predicted molar refractivity (Wildman–Crippen MR) is 43.5 cm³/mol. The van der Waals surface area contributed by atoms with Crippen LogP contribution >= 0.6 is 0 Å². The first-order valence-corrected chi connectivity index (χ1v) is 5.14. The highest BCUT2D eigenvalue weighted by atomic mass is 19.4. The Morgan fingerprint density at radius 1 is 0.500 bits per heavy atom. The number of rotatable bonds is 2. The third-order valence-electron chi connectivity index (χ3n) is 3.17. The first-order valence-electron chi connectivity index (χ1n) is 5.14. The Balaban J connectivity index is 3.73. The van der Waals surface area contributed by atoms with Crippen molar-refractivity contribution in [3.63, 3.8) is 0 Å². The van der Waals surface area contributed by atoms with Gasteiger partial charge in [-0.05, 0) is 6.42 Å². The van der Waals surface area contributed by atoms with Crippen LogP contribution in [0.5, 0.6) is 0 Å². The molecule has 0 N–H and O–H groups in total. The van der Waals surface area contributed by atoms with Crippen molar-refractivity contribution in [1.29, 1.82) is 0 Å². The SMILES string of the molecule is CCCC1(F)C(F)(F)C(F)(F)C(F)(F)C(F)(F)C1(F)F. The van der Waals surface area contributed by atoms with E-state index < -0.39 is 48.1 Å². The van der Waals surface area contributed by atoms with Gasteiger partial charge in [0.1, 0.15) is 0 Å².